The maximum Gasteiger partial charge on any atom is 0.278 e. The van der Waals surface area contributed by atoms with Crippen LogP contribution in [0.15, 0.2) is 48.7 Å². The Balaban J connectivity index is 1.63. The Morgan fingerprint density at radius 3 is 2.70 bits per heavy atom. The SMILES string of the molecule is CC(O)c1ccc(F)c(-c2cnc(N)c(C(=O)Nc3ccccc3N3CCC(N)CC3)n2)c1. The highest BCUT2D eigenvalue weighted by molar-refractivity contribution is 6.07. The number of amides is 1. The molecule has 2 heterocycles. The lowest BCUT2D eigenvalue weighted by Crippen LogP contribution is -2.40. The minimum Gasteiger partial charge on any atom is -0.389 e. The fraction of sp³-hybridized carbons (Fsp3) is 0.292. The summed E-state index contributed by atoms with van der Waals surface area (Å²) in [4.78, 5) is 23.6. The van der Waals surface area contributed by atoms with Crippen molar-refractivity contribution < 1.29 is 14.3 Å². The molecule has 9 heteroatoms. The van der Waals surface area contributed by atoms with E-state index in [0.29, 0.717) is 11.3 Å². The summed E-state index contributed by atoms with van der Waals surface area (Å²) in [5, 5.41) is 12.7. The van der Waals surface area contributed by atoms with Gasteiger partial charge in [0.05, 0.1) is 29.4 Å². The molecule has 3 aromatic rings. The third kappa shape index (κ3) is 4.94. The van der Waals surface area contributed by atoms with E-state index in [4.69, 9.17) is 11.5 Å². The van der Waals surface area contributed by atoms with E-state index in [9.17, 15) is 14.3 Å². The topological polar surface area (TPSA) is 130 Å². The number of para-hydroxylation sites is 2. The van der Waals surface area contributed by atoms with E-state index in [0.717, 1.165) is 31.6 Å². The summed E-state index contributed by atoms with van der Waals surface area (Å²) in [6.07, 6.45) is 2.27. The van der Waals surface area contributed by atoms with E-state index < -0.39 is 17.8 Å². The van der Waals surface area contributed by atoms with Gasteiger partial charge in [0.25, 0.3) is 5.91 Å². The molecule has 1 aromatic heterocycles. The molecular weight excluding hydrogens is 423 g/mol. The highest BCUT2D eigenvalue weighted by Crippen LogP contribution is 2.30. The van der Waals surface area contributed by atoms with Gasteiger partial charge in [-0.15, -0.1) is 0 Å². The average Bonchev–Trinajstić information content (AvgIpc) is 2.80. The second-order valence-corrected chi connectivity index (χ2v) is 8.20. The van der Waals surface area contributed by atoms with Crippen molar-refractivity contribution in [3.8, 4) is 11.3 Å². The number of carbonyl (C=O) groups excluding carboxylic acids is 1. The number of nitrogens with two attached hydrogens (primary N) is 2. The van der Waals surface area contributed by atoms with Crippen LogP contribution in [-0.4, -0.2) is 40.1 Å². The van der Waals surface area contributed by atoms with Crippen molar-refractivity contribution in [2.75, 3.05) is 29.0 Å². The molecule has 1 aliphatic heterocycles. The van der Waals surface area contributed by atoms with Gasteiger partial charge in [-0.2, -0.15) is 0 Å². The monoisotopic (exact) mass is 450 g/mol. The van der Waals surface area contributed by atoms with Gasteiger partial charge in [0.15, 0.2) is 11.5 Å². The number of piperidine rings is 1. The molecule has 33 heavy (non-hydrogen) atoms. The molecule has 172 valence electrons. The van der Waals surface area contributed by atoms with Crippen molar-refractivity contribution >= 4 is 23.1 Å². The number of benzene rings is 2. The summed E-state index contributed by atoms with van der Waals surface area (Å²) < 4.78 is 14.5. The Hall–Kier alpha value is -3.56. The molecule has 0 aliphatic carbocycles. The van der Waals surface area contributed by atoms with Gasteiger partial charge >= 0.3 is 0 Å². The molecule has 1 saturated heterocycles. The first-order chi connectivity index (χ1) is 15.8. The smallest absolute Gasteiger partial charge is 0.278 e. The average molecular weight is 451 g/mol. The first-order valence-electron chi connectivity index (χ1n) is 10.8. The number of nitrogens with zero attached hydrogens (tertiary/aromatic N) is 3. The van der Waals surface area contributed by atoms with Crippen molar-refractivity contribution in [3.05, 3.63) is 65.7 Å². The predicted octanol–water partition coefficient (Wildman–Crippen LogP) is 3.10. The van der Waals surface area contributed by atoms with Gasteiger partial charge in [-0.05, 0) is 49.6 Å². The van der Waals surface area contributed by atoms with Gasteiger partial charge in [-0.25, -0.2) is 14.4 Å². The van der Waals surface area contributed by atoms with Gasteiger partial charge in [0, 0.05) is 24.7 Å². The molecular formula is C24H27FN6O2. The van der Waals surface area contributed by atoms with E-state index in [-0.39, 0.29) is 28.8 Å². The minimum absolute atomic E-state index is 0.0650. The molecule has 8 nitrogen and oxygen atoms in total. The van der Waals surface area contributed by atoms with E-state index in [2.05, 4.69) is 20.2 Å². The van der Waals surface area contributed by atoms with Crippen LogP contribution in [-0.2, 0) is 0 Å². The second kappa shape index (κ2) is 9.51. The lowest BCUT2D eigenvalue weighted by molar-refractivity contribution is 0.102. The Bertz CT molecular complexity index is 1160. The number of nitrogens with one attached hydrogen (secondary N) is 1. The van der Waals surface area contributed by atoms with Crippen LogP contribution in [0.1, 0.15) is 41.9 Å². The molecule has 0 bridgehead atoms. The maximum absolute atomic E-state index is 14.5. The van der Waals surface area contributed by atoms with Gasteiger partial charge in [-0.1, -0.05) is 18.2 Å². The second-order valence-electron chi connectivity index (χ2n) is 8.20. The molecule has 1 atom stereocenters. The largest absolute Gasteiger partial charge is 0.389 e. The van der Waals surface area contributed by atoms with Crippen LogP contribution >= 0.6 is 0 Å². The zero-order chi connectivity index (χ0) is 23.5. The molecule has 0 spiro atoms. The Morgan fingerprint density at radius 2 is 1.97 bits per heavy atom. The van der Waals surface area contributed by atoms with Crippen LogP contribution in [0, 0.1) is 5.82 Å². The predicted molar refractivity (Wildman–Crippen MR) is 126 cm³/mol. The highest BCUT2D eigenvalue weighted by atomic mass is 19.1. The van der Waals surface area contributed by atoms with Gasteiger partial charge in [0.1, 0.15) is 5.82 Å². The van der Waals surface area contributed by atoms with Crippen LogP contribution in [0.2, 0.25) is 0 Å². The third-order valence-electron chi connectivity index (χ3n) is 5.80. The number of aliphatic hydroxyl groups excluding tert-OH is 1. The van der Waals surface area contributed by atoms with Crippen LogP contribution in [0.3, 0.4) is 0 Å². The zero-order valence-corrected chi connectivity index (χ0v) is 18.3. The van der Waals surface area contributed by atoms with Crippen molar-refractivity contribution in [3.63, 3.8) is 0 Å². The first-order valence-corrected chi connectivity index (χ1v) is 10.8. The number of anilines is 3. The normalized spacial score (nSPS) is 15.3. The first kappa shape index (κ1) is 22.6. The lowest BCUT2D eigenvalue weighted by atomic mass is 10.0. The highest BCUT2D eigenvalue weighted by Gasteiger charge is 2.21. The van der Waals surface area contributed by atoms with Gasteiger partial charge in [-0.3, -0.25) is 4.79 Å². The van der Waals surface area contributed by atoms with Crippen LogP contribution in [0.5, 0.6) is 0 Å². The standard InChI is InChI=1S/C24H27FN6O2/c1-14(32)15-6-7-18(25)17(12-15)20-13-28-23(27)22(29-20)24(33)30-19-4-2-3-5-21(19)31-10-8-16(26)9-11-31/h2-7,12-14,16,32H,8-11,26H2,1H3,(H2,27,28)(H,30,33). The summed E-state index contributed by atoms with van der Waals surface area (Å²) in [7, 11) is 0. The summed E-state index contributed by atoms with van der Waals surface area (Å²) >= 11 is 0. The van der Waals surface area contributed by atoms with E-state index in [1.54, 1.807) is 13.0 Å². The molecule has 1 unspecified atom stereocenters. The molecule has 1 fully saturated rings. The van der Waals surface area contributed by atoms with Crippen molar-refractivity contribution in [1.82, 2.24) is 9.97 Å². The van der Waals surface area contributed by atoms with Crippen molar-refractivity contribution in [2.45, 2.75) is 31.9 Å². The Morgan fingerprint density at radius 1 is 1.24 bits per heavy atom. The van der Waals surface area contributed by atoms with Crippen LogP contribution < -0.4 is 21.7 Å². The van der Waals surface area contributed by atoms with Crippen LogP contribution in [0.4, 0.5) is 21.6 Å². The van der Waals surface area contributed by atoms with Gasteiger partial charge < -0.3 is 26.8 Å². The van der Waals surface area contributed by atoms with Gasteiger partial charge in [0.2, 0.25) is 0 Å². The molecule has 1 amide bonds. The Kier molecular flexibility index (Phi) is 6.52. The number of carbonyl (C=O) groups is 1. The van der Waals surface area contributed by atoms with Crippen molar-refractivity contribution in [2.24, 2.45) is 5.73 Å². The quantitative estimate of drug-likeness (QED) is 0.470. The maximum atomic E-state index is 14.5. The molecule has 1 aliphatic rings. The molecule has 6 N–H and O–H groups in total. The third-order valence-corrected chi connectivity index (χ3v) is 5.80. The zero-order valence-electron chi connectivity index (χ0n) is 18.3. The fourth-order valence-electron chi connectivity index (χ4n) is 3.87. The van der Waals surface area contributed by atoms with E-state index >= 15 is 0 Å². The summed E-state index contributed by atoms with van der Waals surface area (Å²) in [6, 6.07) is 11.9. The van der Waals surface area contributed by atoms with E-state index in [1.165, 1.54) is 24.4 Å². The number of aliphatic hydroxyl groups is 1. The summed E-state index contributed by atoms with van der Waals surface area (Å²) in [5.41, 5.74) is 14.1. The number of hydrogen-bond donors (Lipinski definition) is 4. The number of rotatable bonds is 5. The van der Waals surface area contributed by atoms with Crippen LogP contribution in [0.25, 0.3) is 11.3 Å². The number of nitrogen functional groups attached to an aromatic ring is 1. The molecule has 0 saturated carbocycles. The molecule has 2 aromatic carbocycles. The number of aromatic nitrogens is 2. The lowest BCUT2D eigenvalue weighted by Gasteiger charge is -2.33. The molecule has 4 rings (SSSR count). The fourth-order valence-corrected chi connectivity index (χ4v) is 3.87. The molecule has 0 radical (unpaired) electrons. The van der Waals surface area contributed by atoms with E-state index in [1.807, 2.05) is 18.2 Å². The number of hydrogen-bond acceptors (Lipinski definition) is 7. The summed E-state index contributed by atoms with van der Waals surface area (Å²) in [5.74, 6) is -1.15. The van der Waals surface area contributed by atoms with Crippen molar-refractivity contribution in [1.29, 1.82) is 0 Å². The number of halogens is 1. The minimum atomic E-state index is -0.783. The summed E-state index contributed by atoms with van der Waals surface area (Å²) in [6.45, 7) is 3.17. The Labute approximate surface area is 191 Å².